The van der Waals surface area contributed by atoms with Crippen molar-refractivity contribution in [1.82, 2.24) is 5.32 Å². The molecular weight excluding hydrogens is 246 g/mol. The summed E-state index contributed by atoms with van der Waals surface area (Å²) in [6.07, 6.45) is 3.44. The van der Waals surface area contributed by atoms with Gasteiger partial charge in [0, 0.05) is 7.11 Å². The largest absolute Gasteiger partial charge is 0.394 e. The summed E-state index contributed by atoms with van der Waals surface area (Å²) in [7, 11) is 1.66. The van der Waals surface area contributed by atoms with Crippen LogP contribution in [0.2, 0.25) is 0 Å². The second kappa shape index (κ2) is 9.66. The molecule has 5 heteroatoms. The van der Waals surface area contributed by atoms with Gasteiger partial charge in [0.2, 0.25) is 0 Å². The Morgan fingerprint density at radius 1 is 1.16 bits per heavy atom. The zero-order chi connectivity index (χ0) is 14.0. The molecule has 0 amide bonds. The van der Waals surface area contributed by atoms with E-state index in [1.807, 2.05) is 0 Å². The number of aliphatic hydroxyl groups is 1. The van der Waals surface area contributed by atoms with E-state index in [9.17, 15) is 5.11 Å². The molecule has 0 aromatic carbocycles. The SMILES string of the molecule is CCCNC(CO)(COCCOCCOC)C1CC1. The lowest BCUT2D eigenvalue weighted by Gasteiger charge is -2.33. The van der Waals surface area contributed by atoms with Gasteiger partial charge in [0.15, 0.2) is 0 Å². The molecule has 0 saturated heterocycles. The highest BCUT2D eigenvalue weighted by molar-refractivity contribution is 5.00. The van der Waals surface area contributed by atoms with Gasteiger partial charge in [-0.15, -0.1) is 0 Å². The molecule has 1 aliphatic carbocycles. The Morgan fingerprint density at radius 2 is 1.84 bits per heavy atom. The van der Waals surface area contributed by atoms with Gasteiger partial charge in [0.05, 0.1) is 45.2 Å². The van der Waals surface area contributed by atoms with Crippen LogP contribution >= 0.6 is 0 Å². The van der Waals surface area contributed by atoms with E-state index in [0.717, 1.165) is 13.0 Å². The summed E-state index contributed by atoms with van der Waals surface area (Å²) in [6, 6.07) is 0. The quantitative estimate of drug-likeness (QED) is 0.487. The van der Waals surface area contributed by atoms with Gasteiger partial charge in [0.1, 0.15) is 0 Å². The average molecular weight is 275 g/mol. The Balaban J connectivity index is 2.17. The molecule has 0 radical (unpaired) electrons. The van der Waals surface area contributed by atoms with Gasteiger partial charge in [-0.1, -0.05) is 6.92 Å². The van der Waals surface area contributed by atoms with Gasteiger partial charge in [0.25, 0.3) is 0 Å². The Morgan fingerprint density at radius 3 is 2.42 bits per heavy atom. The topological polar surface area (TPSA) is 60.0 Å². The Hall–Kier alpha value is -0.200. The summed E-state index contributed by atoms with van der Waals surface area (Å²) in [5.74, 6) is 0.554. The molecule has 1 aliphatic rings. The molecule has 0 aromatic rings. The molecule has 114 valence electrons. The molecule has 0 spiro atoms. The van der Waals surface area contributed by atoms with Crippen molar-refractivity contribution in [2.24, 2.45) is 5.92 Å². The number of aliphatic hydroxyl groups excluding tert-OH is 1. The molecule has 5 nitrogen and oxygen atoms in total. The van der Waals surface area contributed by atoms with Crippen molar-refractivity contribution in [3.8, 4) is 0 Å². The fraction of sp³-hybridized carbons (Fsp3) is 1.00. The minimum Gasteiger partial charge on any atom is -0.394 e. The molecule has 1 rings (SSSR count). The van der Waals surface area contributed by atoms with Crippen LogP contribution in [0.5, 0.6) is 0 Å². The van der Waals surface area contributed by atoms with E-state index >= 15 is 0 Å². The molecule has 1 saturated carbocycles. The van der Waals surface area contributed by atoms with Crippen LogP contribution in [0.4, 0.5) is 0 Å². The Kier molecular flexibility index (Phi) is 8.57. The Bertz CT molecular complexity index is 223. The number of methoxy groups -OCH3 is 1. The first kappa shape index (κ1) is 16.9. The third-order valence-corrected chi connectivity index (χ3v) is 3.53. The Labute approximate surface area is 116 Å². The molecular formula is C14H29NO4. The third-order valence-electron chi connectivity index (χ3n) is 3.53. The first-order valence-electron chi connectivity index (χ1n) is 7.29. The van der Waals surface area contributed by atoms with Gasteiger partial charge in [-0.2, -0.15) is 0 Å². The molecule has 0 aliphatic heterocycles. The number of ether oxygens (including phenoxy) is 3. The molecule has 1 unspecified atom stereocenters. The summed E-state index contributed by atoms with van der Waals surface area (Å²) in [4.78, 5) is 0. The first-order valence-corrected chi connectivity index (χ1v) is 7.29. The normalized spacial score (nSPS) is 18.5. The van der Waals surface area contributed by atoms with E-state index in [-0.39, 0.29) is 12.1 Å². The van der Waals surface area contributed by atoms with Crippen molar-refractivity contribution in [1.29, 1.82) is 0 Å². The minimum atomic E-state index is -0.247. The lowest BCUT2D eigenvalue weighted by Crippen LogP contribution is -2.54. The van der Waals surface area contributed by atoms with Gasteiger partial charge in [-0.05, 0) is 31.7 Å². The van der Waals surface area contributed by atoms with Crippen molar-refractivity contribution < 1.29 is 19.3 Å². The van der Waals surface area contributed by atoms with Crippen molar-refractivity contribution in [2.45, 2.75) is 31.7 Å². The van der Waals surface area contributed by atoms with Crippen molar-refractivity contribution >= 4 is 0 Å². The highest BCUT2D eigenvalue weighted by Crippen LogP contribution is 2.39. The van der Waals surface area contributed by atoms with Gasteiger partial charge in [-0.3, -0.25) is 0 Å². The van der Waals surface area contributed by atoms with Crippen LogP contribution in [0.3, 0.4) is 0 Å². The summed E-state index contributed by atoms with van der Waals surface area (Å²) in [5.41, 5.74) is -0.247. The van der Waals surface area contributed by atoms with Crippen LogP contribution in [0.1, 0.15) is 26.2 Å². The molecule has 1 fully saturated rings. The summed E-state index contributed by atoms with van der Waals surface area (Å²) >= 11 is 0. The van der Waals surface area contributed by atoms with E-state index in [1.165, 1.54) is 12.8 Å². The maximum Gasteiger partial charge on any atom is 0.0701 e. The lowest BCUT2D eigenvalue weighted by atomic mass is 9.95. The maximum absolute atomic E-state index is 9.70. The standard InChI is InChI=1S/C14H29NO4/c1-3-6-15-14(11-16,13-4-5-13)12-19-10-9-18-8-7-17-2/h13,15-16H,3-12H2,1-2H3. The zero-order valence-electron chi connectivity index (χ0n) is 12.3. The predicted molar refractivity (Wildman–Crippen MR) is 74.3 cm³/mol. The van der Waals surface area contributed by atoms with E-state index in [4.69, 9.17) is 14.2 Å². The van der Waals surface area contributed by atoms with Crippen molar-refractivity contribution in [3.63, 3.8) is 0 Å². The molecule has 19 heavy (non-hydrogen) atoms. The molecule has 0 aromatic heterocycles. The smallest absolute Gasteiger partial charge is 0.0701 e. The van der Waals surface area contributed by atoms with E-state index in [2.05, 4.69) is 12.2 Å². The molecule has 0 bridgehead atoms. The fourth-order valence-corrected chi connectivity index (χ4v) is 2.17. The lowest BCUT2D eigenvalue weighted by molar-refractivity contribution is -0.0118. The second-order valence-electron chi connectivity index (χ2n) is 5.17. The summed E-state index contributed by atoms with van der Waals surface area (Å²) in [5, 5.41) is 13.2. The average Bonchev–Trinajstić information content (AvgIpc) is 3.26. The van der Waals surface area contributed by atoms with Crippen molar-refractivity contribution in [3.05, 3.63) is 0 Å². The van der Waals surface area contributed by atoms with Crippen LogP contribution < -0.4 is 5.32 Å². The number of hydrogen-bond donors (Lipinski definition) is 2. The van der Waals surface area contributed by atoms with Gasteiger partial charge in [-0.25, -0.2) is 0 Å². The zero-order valence-corrected chi connectivity index (χ0v) is 12.3. The van der Waals surface area contributed by atoms with E-state index < -0.39 is 0 Å². The van der Waals surface area contributed by atoms with Crippen LogP contribution in [0, 0.1) is 5.92 Å². The molecule has 2 N–H and O–H groups in total. The molecule has 1 atom stereocenters. The first-order chi connectivity index (χ1) is 9.29. The van der Waals surface area contributed by atoms with Crippen LogP contribution in [-0.4, -0.2) is 63.9 Å². The van der Waals surface area contributed by atoms with Crippen LogP contribution in [0.15, 0.2) is 0 Å². The second-order valence-corrected chi connectivity index (χ2v) is 5.17. The minimum absolute atomic E-state index is 0.141. The van der Waals surface area contributed by atoms with E-state index in [1.54, 1.807) is 7.11 Å². The highest BCUT2D eigenvalue weighted by atomic mass is 16.5. The number of hydrogen-bond acceptors (Lipinski definition) is 5. The highest BCUT2D eigenvalue weighted by Gasteiger charge is 2.44. The van der Waals surface area contributed by atoms with Gasteiger partial charge >= 0.3 is 0 Å². The number of nitrogens with one attached hydrogen (secondary N) is 1. The third kappa shape index (κ3) is 6.19. The predicted octanol–water partition coefficient (Wildman–Crippen LogP) is 0.807. The van der Waals surface area contributed by atoms with E-state index in [0.29, 0.717) is 39.0 Å². The molecule has 0 heterocycles. The maximum atomic E-state index is 9.70. The monoisotopic (exact) mass is 275 g/mol. The summed E-state index contributed by atoms with van der Waals surface area (Å²) < 4.78 is 15.9. The summed E-state index contributed by atoms with van der Waals surface area (Å²) in [6.45, 7) is 6.10. The van der Waals surface area contributed by atoms with Crippen LogP contribution in [0.25, 0.3) is 0 Å². The van der Waals surface area contributed by atoms with Crippen LogP contribution in [-0.2, 0) is 14.2 Å². The number of rotatable bonds is 13. The van der Waals surface area contributed by atoms with Gasteiger partial charge < -0.3 is 24.6 Å². The van der Waals surface area contributed by atoms with Crippen molar-refractivity contribution in [2.75, 3.05) is 53.3 Å². The fourth-order valence-electron chi connectivity index (χ4n) is 2.17.